The number of halogens is 1. The van der Waals surface area contributed by atoms with Crippen LogP contribution in [-0.4, -0.2) is 53.0 Å². The Morgan fingerprint density at radius 3 is 2.31 bits per heavy atom. The Hall–Kier alpha value is -4.41. The molecular formula is C37H46ClN5O5. The highest BCUT2D eigenvalue weighted by atomic mass is 35.5. The molecule has 2 amide bonds. The lowest BCUT2D eigenvalue weighted by atomic mass is 10.1. The average Bonchev–Trinajstić information content (AvgIpc) is 3.04. The molecule has 0 unspecified atom stereocenters. The molecule has 0 radical (unpaired) electrons. The summed E-state index contributed by atoms with van der Waals surface area (Å²) in [5.41, 5.74) is 1.80. The topological polar surface area (TPSA) is 124 Å². The third-order valence-electron chi connectivity index (χ3n) is 7.53. The van der Waals surface area contributed by atoms with E-state index >= 15 is 0 Å². The summed E-state index contributed by atoms with van der Waals surface area (Å²) < 4.78 is 12.5. The van der Waals surface area contributed by atoms with E-state index in [0.717, 1.165) is 11.1 Å². The summed E-state index contributed by atoms with van der Waals surface area (Å²) in [5, 5.41) is 10.3. The van der Waals surface area contributed by atoms with Gasteiger partial charge in [-0.3, -0.25) is 9.36 Å². The van der Waals surface area contributed by atoms with E-state index in [1.165, 1.54) is 0 Å². The van der Waals surface area contributed by atoms with Crippen molar-refractivity contribution in [2.24, 2.45) is 5.92 Å². The number of hydrogen-bond acceptors (Lipinski definition) is 7. The predicted molar refractivity (Wildman–Crippen MR) is 189 cm³/mol. The van der Waals surface area contributed by atoms with E-state index < -0.39 is 17.8 Å². The molecule has 0 spiro atoms. The summed E-state index contributed by atoms with van der Waals surface area (Å²) in [7, 11) is 0. The van der Waals surface area contributed by atoms with Gasteiger partial charge in [-0.25, -0.2) is 14.6 Å². The Kier molecular flexibility index (Phi) is 13.4. The number of nitrogens with zero attached hydrogens (tertiary/aromatic N) is 2. The highest BCUT2D eigenvalue weighted by Gasteiger charge is 2.19. The number of nitrogens with one attached hydrogen (secondary N) is 3. The number of carbonyl (C=O) groups is 2. The normalized spacial score (nSPS) is 12.7. The molecule has 3 aromatic carbocycles. The van der Waals surface area contributed by atoms with Gasteiger partial charge in [0.05, 0.1) is 17.4 Å². The van der Waals surface area contributed by atoms with Gasteiger partial charge in [0.1, 0.15) is 18.0 Å². The molecule has 4 aromatic rings. The first kappa shape index (κ1) is 36.4. The molecule has 4 rings (SSSR count). The monoisotopic (exact) mass is 675 g/mol. The maximum Gasteiger partial charge on any atom is 0.407 e. The number of hydrogen-bond donors (Lipinski definition) is 3. The van der Waals surface area contributed by atoms with Gasteiger partial charge in [-0.05, 0) is 75.4 Å². The summed E-state index contributed by atoms with van der Waals surface area (Å²) in [6, 6.07) is 24.2. The van der Waals surface area contributed by atoms with Crippen molar-refractivity contribution in [2.75, 3.05) is 19.6 Å². The molecule has 2 atom stereocenters. The van der Waals surface area contributed by atoms with Crippen molar-refractivity contribution in [3.8, 4) is 0 Å². The molecule has 48 heavy (non-hydrogen) atoms. The highest BCUT2D eigenvalue weighted by molar-refractivity contribution is 6.31. The van der Waals surface area contributed by atoms with Crippen LogP contribution in [0.1, 0.15) is 57.5 Å². The smallest absolute Gasteiger partial charge is 0.407 e. The molecule has 0 aliphatic rings. The van der Waals surface area contributed by atoms with Crippen LogP contribution in [0.4, 0.5) is 9.59 Å². The van der Waals surface area contributed by atoms with E-state index in [-0.39, 0.29) is 24.1 Å². The minimum absolute atomic E-state index is 0.103. The van der Waals surface area contributed by atoms with Crippen molar-refractivity contribution in [1.29, 1.82) is 0 Å². The lowest BCUT2D eigenvalue weighted by Crippen LogP contribution is -2.44. The number of alkyl carbamates (subject to hydrolysis) is 2. The Labute approximate surface area is 287 Å². The summed E-state index contributed by atoms with van der Waals surface area (Å²) in [6.45, 7) is 9.61. The molecule has 1 aromatic heterocycles. The summed E-state index contributed by atoms with van der Waals surface area (Å²) >= 11 is 6.25. The van der Waals surface area contributed by atoms with Crippen LogP contribution in [0.2, 0.25) is 5.02 Å². The van der Waals surface area contributed by atoms with Gasteiger partial charge in [0.15, 0.2) is 0 Å². The fourth-order valence-electron chi connectivity index (χ4n) is 5.22. The van der Waals surface area contributed by atoms with Gasteiger partial charge in [-0.1, -0.05) is 79.2 Å². The fourth-order valence-corrected chi connectivity index (χ4v) is 5.39. The van der Waals surface area contributed by atoms with Gasteiger partial charge >= 0.3 is 12.2 Å². The Morgan fingerprint density at radius 1 is 0.938 bits per heavy atom. The Bertz CT molecular complexity index is 1690. The third kappa shape index (κ3) is 12.0. The quantitative estimate of drug-likeness (QED) is 0.124. The number of rotatable bonds is 15. The standard InChI is InChI=1S/C37H46ClN5O5/c1-26(20-33-42-32-21-29(38)17-18-31(32)34(44)43(33)24-27-12-7-5-8-13-27)22-39-23-30(16-11-19-40-35(45)48-37(2,3)4)41-36(46)47-25-28-14-9-6-10-15-28/h5-10,12-15,17-18,21,26,30,39H,11,16,19-20,22-25H2,1-4H3,(H,40,45)(H,41,46)/t26-,30+/m1/s1. The largest absolute Gasteiger partial charge is 0.445 e. The first-order valence-corrected chi connectivity index (χ1v) is 16.7. The lowest BCUT2D eigenvalue weighted by molar-refractivity contribution is 0.0526. The van der Waals surface area contributed by atoms with Crippen LogP contribution in [0.25, 0.3) is 10.9 Å². The van der Waals surface area contributed by atoms with E-state index in [9.17, 15) is 14.4 Å². The van der Waals surface area contributed by atoms with E-state index in [1.54, 1.807) is 22.8 Å². The van der Waals surface area contributed by atoms with Crippen molar-refractivity contribution < 1.29 is 19.1 Å². The van der Waals surface area contributed by atoms with E-state index in [2.05, 4.69) is 22.9 Å². The van der Waals surface area contributed by atoms with Gasteiger partial charge in [-0.2, -0.15) is 0 Å². The third-order valence-corrected chi connectivity index (χ3v) is 7.76. The van der Waals surface area contributed by atoms with E-state index in [4.69, 9.17) is 26.1 Å². The zero-order valence-electron chi connectivity index (χ0n) is 28.1. The van der Waals surface area contributed by atoms with Crippen LogP contribution >= 0.6 is 11.6 Å². The van der Waals surface area contributed by atoms with Crippen LogP contribution in [-0.2, 0) is 29.0 Å². The number of fused-ring (bicyclic) bond motifs is 1. The van der Waals surface area contributed by atoms with Crippen molar-refractivity contribution in [2.45, 2.75) is 71.8 Å². The second kappa shape index (κ2) is 17.7. The molecule has 0 saturated heterocycles. The second-order valence-corrected chi connectivity index (χ2v) is 13.4. The van der Waals surface area contributed by atoms with E-state index in [0.29, 0.717) is 67.2 Å². The first-order valence-electron chi connectivity index (χ1n) is 16.3. The summed E-state index contributed by atoms with van der Waals surface area (Å²) in [4.78, 5) is 43.3. The molecule has 256 valence electrons. The second-order valence-electron chi connectivity index (χ2n) is 13.0. The minimum Gasteiger partial charge on any atom is -0.445 e. The Morgan fingerprint density at radius 2 is 1.62 bits per heavy atom. The lowest BCUT2D eigenvalue weighted by Gasteiger charge is -2.22. The number of benzene rings is 3. The molecule has 0 fully saturated rings. The van der Waals surface area contributed by atoms with Crippen LogP contribution in [0, 0.1) is 5.92 Å². The van der Waals surface area contributed by atoms with Gasteiger partial charge in [-0.15, -0.1) is 0 Å². The molecular weight excluding hydrogens is 630 g/mol. The fraction of sp³-hybridized carbons (Fsp3) is 0.405. The molecule has 0 aliphatic heterocycles. The van der Waals surface area contributed by atoms with Crippen LogP contribution in [0.5, 0.6) is 0 Å². The SMILES string of the molecule is C[C@@H](CNC[C@H](CCCNC(=O)OC(C)(C)C)NC(=O)OCc1ccccc1)Cc1nc2cc(Cl)ccc2c(=O)n1Cc1ccccc1. The minimum atomic E-state index is -0.581. The van der Waals surface area contributed by atoms with Crippen LogP contribution in [0.15, 0.2) is 83.7 Å². The van der Waals surface area contributed by atoms with Crippen molar-refractivity contribution in [1.82, 2.24) is 25.5 Å². The number of ether oxygens (including phenoxy) is 2. The van der Waals surface area contributed by atoms with Crippen molar-refractivity contribution in [3.05, 3.63) is 111 Å². The van der Waals surface area contributed by atoms with Crippen LogP contribution in [0.3, 0.4) is 0 Å². The summed E-state index contributed by atoms with van der Waals surface area (Å²) in [6.07, 6.45) is 0.782. The predicted octanol–water partition coefficient (Wildman–Crippen LogP) is 6.47. The Balaban J connectivity index is 1.38. The van der Waals surface area contributed by atoms with Gasteiger partial charge < -0.3 is 25.4 Å². The van der Waals surface area contributed by atoms with Gasteiger partial charge in [0, 0.05) is 30.6 Å². The zero-order chi connectivity index (χ0) is 34.5. The average molecular weight is 676 g/mol. The van der Waals surface area contributed by atoms with Crippen molar-refractivity contribution >= 4 is 34.7 Å². The maximum absolute atomic E-state index is 13.6. The maximum atomic E-state index is 13.6. The van der Waals surface area contributed by atoms with Crippen LogP contribution < -0.4 is 21.5 Å². The molecule has 11 heteroatoms. The number of amides is 2. The van der Waals surface area contributed by atoms with E-state index in [1.807, 2.05) is 81.4 Å². The first-order chi connectivity index (χ1) is 23.0. The molecule has 1 heterocycles. The molecule has 10 nitrogen and oxygen atoms in total. The highest BCUT2D eigenvalue weighted by Crippen LogP contribution is 2.18. The molecule has 3 N–H and O–H groups in total. The summed E-state index contributed by atoms with van der Waals surface area (Å²) in [5.74, 6) is 0.787. The van der Waals surface area contributed by atoms with Gasteiger partial charge in [0.25, 0.3) is 5.56 Å². The molecule has 0 saturated carbocycles. The molecule has 0 aliphatic carbocycles. The number of aromatic nitrogens is 2. The van der Waals surface area contributed by atoms with Crippen molar-refractivity contribution in [3.63, 3.8) is 0 Å². The zero-order valence-corrected chi connectivity index (χ0v) is 28.9. The van der Waals surface area contributed by atoms with Gasteiger partial charge in [0.2, 0.25) is 0 Å². The number of carbonyl (C=O) groups excluding carboxylic acids is 2. The molecule has 0 bridgehead atoms.